The predicted octanol–water partition coefficient (Wildman–Crippen LogP) is 3.46. The summed E-state index contributed by atoms with van der Waals surface area (Å²) in [5, 5.41) is 0. The fourth-order valence-electron chi connectivity index (χ4n) is 3.34. The third kappa shape index (κ3) is 2.35. The van der Waals surface area contributed by atoms with Gasteiger partial charge in [-0.15, -0.1) is 0 Å². The van der Waals surface area contributed by atoms with E-state index in [1.807, 2.05) is 6.92 Å². The standard InChI is InChI=1S/C15H26O3/c1-4-12(16)14(3,5-2)13-8-11-17-15(18-13)9-6-7-10-15/h13H,4-11H2,1-3H3/t13-,14?/m0/s1. The minimum absolute atomic E-state index is 0.0294. The van der Waals surface area contributed by atoms with Crippen LogP contribution in [-0.4, -0.2) is 24.3 Å². The molecule has 0 N–H and O–H groups in total. The molecule has 2 atom stereocenters. The highest BCUT2D eigenvalue weighted by Gasteiger charge is 2.48. The van der Waals surface area contributed by atoms with Gasteiger partial charge in [-0.25, -0.2) is 0 Å². The van der Waals surface area contributed by atoms with Crippen molar-refractivity contribution in [3.05, 3.63) is 0 Å². The Morgan fingerprint density at radius 2 is 2.00 bits per heavy atom. The predicted molar refractivity (Wildman–Crippen MR) is 70.3 cm³/mol. The molecular formula is C15H26O3. The highest BCUT2D eigenvalue weighted by Crippen LogP contribution is 2.44. The molecule has 2 aliphatic rings. The number of rotatable bonds is 4. The van der Waals surface area contributed by atoms with Gasteiger partial charge in [0, 0.05) is 19.3 Å². The lowest BCUT2D eigenvalue weighted by Gasteiger charge is -2.45. The first-order chi connectivity index (χ1) is 8.56. The Bertz CT molecular complexity index is 307. The molecule has 3 heteroatoms. The van der Waals surface area contributed by atoms with Gasteiger partial charge in [0.1, 0.15) is 5.78 Å². The van der Waals surface area contributed by atoms with E-state index in [1.54, 1.807) is 0 Å². The van der Waals surface area contributed by atoms with Crippen LogP contribution in [-0.2, 0) is 14.3 Å². The van der Waals surface area contributed by atoms with Crippen LogP contribution in [0.25, 0.3) is 0 Å². The summed E-state index contributed by atoms with van der Waals surface area (Å²) in [6.07, 6.45) is 6.65. The van der Waals surface area contributed by atoms with Crippen molar-refractivity contribution in [1.29, 1.82) is 0 Å². The summed E-state index contributed by atoms with van der Waals surface area (Å²) < 4.78 is 12.1. The van der Waals surface area contributed by atoms with E-state index >= 15 is 0 Å². The molecule has 1 aliphatic carbocycles. The van der Waals surface area contributed by atoms with Crippen LogP contribution in [0.3, 0.4) is 0 Å². The molecule has 0 radical (unpaired) electrons. The van der Waals surface area contributed by atoms with Crippen molar-refractivity contribution < 1.29 is 14.3 Å². The lowest BCUT2D eigenvalue weighted by molar-refractivity contribution is -0.304. The van der Waals surface area contributed by atoms with Gasteiger partial charge in [-0.1, -0.05) is 20.8 Å². The van der Waals surface area contributed by atoms with E-state index in [2.05, 4.69) is 13.8 Å². The minimum atomic E-state index is -0.368. The molecule has 2 rings (SSSR count). The summed E-state index contributed by atoms with van der Waals surface area (Å²) in [7, 11) is 0. The first-order valence-electron chi connectivity index (χ1n) is 7.41. The summed E-state index contributed by atoms with van der Waals surface area (Å²) in [5.41, 5.74) is -0.339. The SMILES string of the molecule is CCC(=O)C(C)(CC)[C@@H]1CCOC2(CCCC2)O1. The summed E-state index contributed by atoms with van der Waals surface area (Å²) in [6, 6.07) is 0. The summed E-state index contributed by atoms with van der Waals surface area (Å²) in [6.45, 7) is 6.84. The Hall–Kier alpha value is -0.410. The molecular weight excluding hydrogens is 228 g/mol. The number of carbonyl (C=O) groups is 1. The molecule has 1 heterocycles. The molecule has 1 aliphatic heterocycles. The van der Waals surface area contributed by atoms with E-state index < -0.39 is 0 Å². The van der Waals surface area contributed by atoms with Gasteiger partial charge in [0.15, 0.2) is 5.79 Å². The molecule has 1 saturated carbocycles. The third-order valence-electron chi connectivity index (χ3n) is 4.87. The Labute approximate surface area is 110 Å². The van der Waals surface area contributed by atoms with Crippen molar-refractivity contribution in [2.24, 2.45) is 5.41 Å². The molecule has 104 valence electrons. The topological polar surface area (TPSA) is 35.5 Å². The van der Waals surface area contributed by atoms with Gasteiger partial charge in [-0.3, -0.25) is 4.79 Å². The fraction of sp³-hybridized carbons (Fsp3) is 0.933. The van der Waals surface area contributed by atoms with Gasteiger partial charge in [0.2, 0.25) is 0 Å². The molecule has 0 aromatic carbocycles. The van der Waals surface area contributed by atoms with Crippen LogP contribution in [0.5, 0.6) is 0 Å². The van der Waals surface area contributed by atoms with Crippen LogP contribution >= 0.6 is 0 Å². The Balaban J connectivity index is 2.13. The van der Waals surface area contributed by atoms with Crippen molar-refractivity contribution >= 4 is 5.78 Å². The first kappa shape index (κ1) is 14.0. The molecule has 0 aromatic rings. The maximum absolute atomic E-state index is 12.2. The summed E-state index contributed by atoms with van der Waals surface area (Å²) in [5.74, 6) is -0.0436. The maximum atomic E-state index is 12.2. The van der Waals surface area contributed by atoms with E-state index in [9.17, 15) is 4.79 Å². The van der Waals surface area contributed by atoms with E-state index in [0.29, 0.717) is 12.2 Å². The van der Waals surface area contributed by atoms with E-state index in [-0.39, 0.29) is 17.3 Å². The second kappa shape index (κ2) is 5.30. The second-order valence-electron chi connectivity index (χ2n) is 5.91. The number of carbonyl (C=O) groups excluding carboxylic acids is 1. The minimum Gasteiger partial charge on any atom is -0.350 e. The molecule has 1 unspecified atom stereocenters. The van der Waals surface area contributed by atoms with E-state index in [4.69, 9.17) is 9.47 Å². The second-order valence-corrected chi connectivity index (χ2v) is 5.91. The van der Waals surface area contributed by atoms with Crippen LogP contribution in [0.2, 0.25) is 0 Å². The zero-order chi connectivity index (χ0) is 13.2. The Kier molecular flexibility index (Phi) is 4.12. The third-order valence-corrected chi connectivity index (χ3v) is 4.87. The van der Waals surface area contributed by atoms with Crippen LogP contribution in [0.1, 0.15) is 65.7 Å². The average molecular weight is 254 g/mol. The van der Waals surface area contributed by atoms with E-state index in [0.717, 1.165) is 32.3 Å². The van der Waals surface area contributed by atoms with Gasteiger partial charge >= 0.3 is 0 Å². The monoisotopic (exact) mass is 254 g/mol. The molecule has 3 nitrogen and oxygen atoms in total. The molecule has 0 bridgehead atoms. The summed E-state index contributed by atoms with van der Waals surface area (Å²) in [4.78, 5) is 12.2. The average Bonchev–Trinajstić information content (AvgIpc) is 2.84. The largest absolute Gasteiger partial charge is 0.350 e. The van der Waals surface area contributed by atoms with Gasteiger partial charge in [0.05, 0.1) is 18.1 Å². The highest BCUT2D eigenvalue weighted by molar-refractivity contribution is 5.84. The number of ether oxygens (including phenoxy) is 2. The van der Waals surface area contributed by atoms with Crippen molar-refractivity contribution in [3.8, 4) is 0 Å². The first-order valence-corrected chi connectivity index (χ1v) is 7.41. The molecule has 18 heavy (non-hydrogen) atoms. The number of Topliss-reactive ketones (excluding diaryl/α,β-unsaturated/α-hetero) is 1. The van der Waals surface area contributed by atoms with Gasteiger partial charge < -0.3 is 9.47 Å². The van der Waals surface area contributed by atoms with Gasteiger partial charge in [-0.05, 0) is 25.7 Å². The molecule has 1 spiro atoms. The normalized spacial score (nSPS) is 30.3. The van der Waals surface area contributed by atoms with Crippen molar-refractivity contribution in [2.75, 3.05) is 6.61 Å². The number of ketones is 1. The van der Waals surface area contributed by atoms with E-state index in [1.165, 1.54) is 12.8 Å². The zero-order valence-corrected chi connectivity index (χ0v) is 12.0. The highest BCUT2D eigenvalue weighted by atomic mass is 16.7. The molecule has 0 amide bonds. The van der Waals surface area contributed by atoms with Crippen LogP contribution in [0, 0.1) is 5.41 Å². The van der Waals surface area contributed by atoms with Crippen LogP contribution in [0.15, 0.2) is 0 Å². The van der Waals surface area contributed by atoms with Crippen molar-refractivity contribution in [1.82, 2.24) is 0 Å². The van der Waals surface area contributed by atoms with Crippen molar-refractivity contribution in [3.63, 3.8) is 0 Å². The zero-order valence-electron chi connectivity index (χ0n) is 12.0. The quantitative estimate of drug-likeness (QED) is 0.770. The molecule has 2 fully saturated rings. The number of hydrogen-bond donors (Lipinski definition) is 0. The molecule has 0 aromatic heterocycles. The van der Waals surface area contributed by atoms with Crippen LogP contribution in [0.4, 0.5) is 0 Å². The Morgan fingerprint density at radius 3 is 2.56 bits per heavy atom. The van der Waals surface area contributed by atoms with Gasteiger partial charge in [-0.2, -0.15) is 0 Å². The van der Waals surface area contributed by atoms with Gasteiger partial charge in [0.25, 0.3) is 0 Å². The van der Waals surface area contributed by atoms with Crippen LogP contribution < -0.4 is 0 Å². The lowest BCUT2D eigenvalue weighted by atomic mass is 9.75. The number of hydrogen-bond acceptors (Lipinski definition) is 3. The molecule has 1 saturated heterocycles. The maximum Gasteiger partial charge on any atom is 0.168 e. The summed E-state index contributed by atoms with van der Waals surface area (Å²) >= 11 is 0. The van der Waals surface area contributed by atoms with Crippen molar-refractivity contribution in [2.45, 2.75) is 77.6 Å². The fourth-order valence-corrected chi connectivity index (χ4v) is 3.34. The lowest BCUT2D eigenvalue weighted by Crippen LogP contribution is -2.51. The Morgan fingerprint density at radius 1 is 1.33 bits per heavy atom. The smallest absolute Gasteiger partial charge is 0.168 e.